The summed E-state index contributed by atoms with van der Waals surface area (Å²) in [5.74, 6) is 0.385. The molecule has 0 saturated carbocycles. The second-order valence-electron chi connectivity index (χ2n) is 2.44. The average Bonchev–Trinajstić information content (AvgIpc) is 1.98. The monoisotopic (exact) mass is 140 g/mol. The van der Waals surface area contributed by atoms with Crippen molar-refractivity contribution in [3.8, 4) is 0 Å². The molecule has 58 valence electrons. The number of aliphatic hydroxyl groups is 1. The highest BCUT2D eigenvalue weighted by Gasteiger charge is 2.02. The van der Waals surface area contributed by atoms with E-state index in [9.17, 15) is 0 Å². The van der Waals surface area contributed by atoms with E-state index in [0.717, 1.165) is 19.3 Å². The quantitative estimate of drug-likeness (QED) is 0.560. The van der Waals surface area contributed by atoms with Gasteiger partial charge in [-0.3, -0.25) is 0 Å². The summed E-state index contributed by atoms with van der Waals surface area (Å²) in [6, 6.07) is 0. The van der Waals surface area contributed by atoms with Crippen molar-refractivity contribution in [3.05, 3.63) is 25.3 Å². The Kier molecular flexibility index (Phi) is 6.19. The fourth-order valence-electron chi connectivity index (χ4n) is 0.873. The third-order valence-corrected chi connectivity index (χ3v) is 1.54. The minimum atomic E-state index is 0.264. The molecule has 0 fully saturated rings. The van der Waals surface area contributed by atoms with Crippen LogP contribution in [-0.2, 0) is 0 Å². The summed E-state index contributed by atoms with van der Waals surface area (Å²) in [5.41, 5.74) is 0. The Hall–Kier alpha value is -0.560. The van der Waals surface area contributed by atoms with Crippen molar-refractivity contribution in [1.29, 1.82) is 0 Å². The first-order chi connectivity index (χ1) is 4.85. The molecule has 0 aliphatic carbocycles. The van der Waals surface area contributed by atoms with E-state index in [0.29, 0.717) is 5.92 Å². The molecule has 1 N–H and O–H groups in total. The van der Waals surface area contributed by atoms with Gasteiger partial charge in [0.15, 0.2) is 0 Å². The molecule has 10 heavy (non-hydrogen) atoms. The van der Waals surface area contributed by atoms with Crippen LogP contribution in [0.5, 0.6) is 0 Å². The van der Waals surface area contributed by atoms with Gasteiger partial charge in [0.1, 0.15) is 0 Å². The van der Waals surface area contributed by atoms with Crippen LogP contribution < -0.4 is 0 Å². The van der Waals surface area contributed by atoms with Crippen LogP contribution in [0.2, 0.25) is 0 Å². The van der Waals surface area contributed by atoms with Crippen molar-refractivity contribution in [2.45, 2.75) is 19.3 Å². The average molecular weight is 140 g/mol. The van der Waals surface area contributed by atoms with E-state index >= 15 is 0 Å². The van der Waals surface area contributed by atoms with Crippen LogP contribution in [0.3, 0.4) is 0 Å². The summed E-state index contributed by atoms with van der Waals surface area (Å²) in [5, 5.41) is 8.80. The predicted molar refractivity (Wildman–Crippen MR) is 44.8 cm³/mol. The Morgan fingerprint density at radius 3 is 2.40 bits per heavy atom. The van der Waals surface area contributed by atoms with Gasteiger partial charge in [0.25, 0.3) is 0 Å². The molecule has 0 heterocycles. The Bertz CT molecular complexity index is 96.9. The van der Waals surface area contributed by atoms with E-state index in [1.54, 1.807) is 0 Å². The number of allylic oxidation sites excluding steroid dienone is 2. The van der Waals surface area contributed by atoms with E-state index < -0.39 is 0 Å². The first-order valence-electron chi connectivity index (χ1n) is 3.67. The number of hydrogen-bond donors (Lipinski definition) is 1. The second kappa shape index (κ2) is 6.56. The summed E-state index contributed by atoms with van der Waals surface area (Å²) in [6.07, 6.45) is 6.64. The Balaban J connectivity index is 3.38. The van der Waals surface area contributed by atoms with Gasteiger partial charge in [0.2, 0.25) is 0 Å². The number of rotatable bonds is 6. The van der Waals surface area contributed by atoms with Crippen molar-refractivity contribution < 1.29 is 5.11 Å². The van der Waals surface area contributed by atoms with E-state index in [1.165, 1.54) is 0 Å². The summed E-state index contributed by atoms with van der Waals surface area (Å²) in [4.78, 5) is 0. The molecule has 0 aliphatic heterocycles. The maximum absolute atomic E-state index is 8.80. The van der Waals surface area contributed by atoms with Gasteiger partial charge in [-0.15, -0.1) is 13.2 Å². The first-order valence-corrected chi connectivity index (χ1v) is 3.67. The lowest BCUT2D eigenvalue weighted by atomic mass is 10.0. The minimum Gasteiger partial charge on any atom is -0.396 e. The zero-order chi connectivity index (χ0) is 7.82. The summed E-state index contributed by atoms with van der Waals surface area (Å²) < 4.78 is 0. The van der Waals surface area contributed by atoms with Crippen molar-refractivity contribution in [3.63, 3.8) is 0 Å². The summed E-state index contributed by atoms with van der Waals surface area (Å²) in [6.45, 7) is 7.50. The van der Waals surface area contributed by atoms with E-state index in [2.05, 4.69) is 13.2 Å². The fraction of sp³-hybridized carbons (Fsp3) is 0.556. The van der Waals surface area contributed by atoms with Gasteiger partial charge in [-0.2, -0.15) is 0 Å². The zero-order valence-electron chi connectivity index (χ0n) is 6.42. The molecule has 0 rings (SSSR count). The fourth-order valence-corrected chi connectivity index (χ4v) is 0.873. The smallest absolute Gasteiger partial charge is 0.0462 e. The van der Waals surface area contributed by atoms with Crippen molar-refractivity contribution >= 4 is 0 Å². The Labute approximate surface area is 63.1 Å². The third kappa shape index (κ3) is 4.33. The van der Waals surface area contributed by atoms with Crippen molar-refractivity contribution in [2.75, 3.05) is 6.61 Å². The third-order valence-electron chi connectivity index (χ3n) is 1.54. The van der Waals surface area contributed by atoms with Crippen LogP contribution in [0.25, 0.3) is 0 Å². The van der Waals surface area contributed by atoms with Crippen LogP contribution >= 0.6 is 0 Å². The number of hydrogen-bond acceptors (Lipinski definition) is 1. The van der Waals surface area contributed by atoms with Crippen LogP contribution in [-0.4, -0.2) is 11.7 Å². The van der Waals surface area contributed by atoms with Crippen molar-refractivity contribution in [2.24, 2.45) is 5.92 Å². The van der Waals surface area contributed by atoms with Gasteiger partial charge in [0, 0.05) is 6.61 Å². The molecule has 0 aromatic carbocycles. The molecule has 1 atom stereocenters. The highest BCUT2D eigenvalue weighted by atomic mass is 16.3. The van der Waals surface area contributed by atoms with E-state index in [-0.39, 0.29) is 6.61 Å². The van der Waals surface area contributed by atoms with E-state index in [1.807, 2.05) is 12.2 Å². The Morgan fingerprint density at radius 1 is 1.30 bits per heavy atom. The SMILES string of the molecule is C=CCCC(CO)CC=C. The molecule has 0 aromatic rings. The molecule has 0 saturated heterocycles. The molecular weight excluding hydrogens is 124 g/mol. The van der Waals surface area contributed by atoms with Crippen LogP contribution in [0.1, 0.15) is 19.3 Å². The zero-order valence-corrected chi connectivity index (χ0v) is 6.42. The molecule has 0 amide bonds. The van der Waals surface area contributed by atoms with Gasteiger partial charge in [0.05, 0.1) is 0 Å². The molecule has 0 aliphatic rings. The van der Waals surface area contributed by atoms with Gasteiger partial charge >= 0.3 is 0 Å². The maximum Gasteiger partial charge on any atom is 0.0462 e. The lowest BCUT2D eigenvalue weighted by Gasteiger charge is -2.08. The molecule has 1 unspecified atom stereocenters. The standard InChI is InChI=1S/C9H16O/c1-3-5-7-9(8-10)6-4-2/h3-4,9-10H,1-2,5-8H2. The minimum absolute atomic E-state index is 0.264. The van der Waals surface area contributed by atoms with Gasteiger partial charge in [-0.05, 0) is 25.2 Å². The lowest BCUT2D eigenvalue weighted by molar-refractivity contribution is 0.221. The highest BCUT2D eigenvalue weighted by Crippen LogP contribution is 2.10. The molecule has 1 nitrogen and oxygen atoms in total. The topological polar surface area (TPSA) is 20.2 Å². The maximum atomic E-state index is 8.80. The largest absolute Gasteiger partial charge is 0.396 e. The molecule has 0 bridgehead atoms. The predicted octanol–water partition coefficient (Wildman–Crippen LogP) is 2.14. The normalized spacial score (nSPS) is 12.5. The first kappa shape index (κ1) is 9.44. The molecular formula is C9H16O. The number of aliphatic hydroxyl groups excluding tert-OH is 1. The summed E-state index contributed by atoms with van der Waals surface area (Å²) in [7, 11) is 0. The molecule has 1 heteroatoms. The van der Waals surface area contributed by atoms with Crippen LogP contribution in [0.4, 0.5) is 0 Å². The van der Waals surface area contributed by atoms with Crippen LogP contribution in [0, 0.1) is 5.92 Å². The van der Waals surface area contributed by atoms with Crippen molar-refractivity contribution in [1.82, 2.24) is 0 Å². The summed E-state index contributed by atoms with van der Waals surface area (Å²) >= 11 is 0. The lowest BCUT2D eigenvalue weighted by Crippen LogP contribution is -2.03. The van der Waals surface area contributed by atoms with Gasteiger partial charge < -0.3 is 5.11 Å². The van der Waals surface area contributed by atoms with Gasteiger partial charge in [-0.25, -0.2) is 0 Å². The Morgan fingerprint density at radius 2 is 2.00 bits per heavy atom. The molecule has 0 spiro atoms. The molecule has 0 aromatic heterocycles. The van der Waals surface area contributed by atoms with E-state index in [4.69, 9.17) is 5.11 Å². The highest BCUT2D eigenvalue weighted by molar-refractivity contribution is 4.75. The molecule has 0 radical (unpaired) electrons. The van der Waals surface area contributed by atoms with Gasteiger partial charge in [-0.1, -0.05) is 12.2 Å². The van der Waals surface area contributed by atoms with Crippen LogP contribution in [0.15, 0.2) is 25.3 Å². The second-order valence-corrected chi connectivity index (χ2v) is 2.44.